The third kappa shape index (κ3) is 2.54. The molecule has 0 aromatic heterocycles. The van der Waals surface area contributed by atoms with E-state index in [0.29, 0.717) is 0 Å². The minimum absolute atomic E-state index is 0.141. The van der Waals surface area contributed by atoms with Crippen molar-refractivity contribution in [2.24, 2.45) is 0 Å². The van der Waals surface area contributed by atoms with Gasteiger partial charge in [0.1, 0.15) is 0 Å². The third-order valence-corrected chi connectivity index (χ3v) is 2.33. The number of aliphatic hydroxyl groups excluding tert-OH is 1. The molecule has 0 heterocycles. The van der Waals surface area contributed by atoms with Crippen LogP contribution in [0.15, 0.2) is 30.3 Å². The van der Waals surface area contributed by atoms with Crippen LogP contribution in [-0.2, 0) is 0 Å². The van der Waals surface area contributed by atoms with Gasteiger partial charge in [0.2, 0.25) is 0 Å². The quantitative estimate of drug-likeness (QED) is 0.737. The minimum Gasteiger partial charge on any atom is -0.387 e. The highest BCUT2D eigenvalue weighted by molar-refractivity contribution is 5.18. The molecule has 2 N–H and O–H groups in total. The summed E-state index contributed by atoms with van der Waals surface area (Å²) in [5.74, 6) is 0. The van der Waals surface area contributed by atoms with Crippen LogP contribution in [0.3, 0.4) is 0 Å². The van der Waals surface area contributed by atoms with Gasteiger partial charge in [-0.25, -0.2) is 0 Å². The van der Waals surface area contributed by atoms with Gasteiger partial charge in [-0.05, 0) is 19.0 Å². The first-order valence-corrected chi connectivity index (χ1v) is 4.69. The zero-order chi connectivity index (χ0) is 9.68. The van der Waals surface area contributed by atoms with Crippen molar-refractivity contribution in [2.75, 3.05) is 7.05 Å². The van der Waals surface area contributed by atoms with Crippen LogP contribution in [0.5, 0.6) is 0 Å². The van der Waals surface area contributed by atoms with Crippen molar-refractivity contribution >= 4 is 0 Å². The monoisotopic (exact) mass is 179 g/mol. The van der Waals surface area contributed by atoms with Crippen LogP contribution in [0.25, 0.3) is 0 Å². The van der Waals surface area contributed by atoms with Gasteiger partial charge in [0.15, 0.2) is 0 Å². The number of nitrogens with one attached hydrogen (secondary N) is 1. The largest absolute Gasteiger partial charge is 0.387 e. The molecule has 0 spiro atoms. The number of hydrogen-bond acceptors (Lipinski definition) is 2. The van der Waals surface area contributed by atoms with Gasteiger partial charge in [-0.15, -0.1) is 0 Å². The lowest BCUT2D eigenvalue weighted by molar-refractivity contribution is 0.130. The molecule has 0 saturated heterocycles. The molecule has 0 amide bonds. The molecule has 0 unspecified atom stereocenters. The minimum atomic E-state index is -0.406. The van der Waals surface area contributed by atoms with Crippen molar-refractivity contribution in [3.8, 4) is 0 Å². The van der Waals surface area contributed by atoms with Crippen LogP contribution in [0.2, 0.25) is 0 Å². The van der Waals surface area contributed by atoms with Crippen molar-refractivity contribution in [2.45, 2.75) is 25.5 Å². The highest BCUT2D eigenvalue weighted by atomic mass is 16.3. The summed E-state index contributed by atoms with van der Waals surface area (Å²) in [4.78, 5) is 0. The maximum Gasteiger partial charge on any atom is 0.0942 e. The topological polar surface area (TPSA) is 32.3 Å². The first kappa shape index (κ1) is 10.2. The fraction of sp³-hybridized carbons (Fsp3) is 0.455. The predicted molar refractivity (Wildman–Crippen MR) is 54.5 cm³/mol. The summed E-state index contributed by atoms with van der Waals surface area (Å²) in [6.45, 7) is 2.06. The van der Waals surface area contributed by atoms with Crippen molar-refractivity contribution in [3.63, 3.8) is 0 Å². The SMILES string of the molecule is CC[C@H](NC)[C@@H](O)c1ccccc1. The molecule has 72 valence electrons. The zero-order valence-corrected chi connectivity index (χ0v) is 8.20. The second-order valence-electron chi connectivity index (χ2n) is 3.16. The highest BCUT2D eigenvalue weighted by Gasteiger charge is 2.16. The van der Waals surface area contributed by atoms with Gasteiger partial charge in [0.05, 0.1) is 6.10 Å². The number of aliphatic hydroxyl groups is 1. The molecular weight excluding hydrogens is 162 g/mol. The number of hydrogen-bond donors (Lipinski definition) is 2. The van der Waals surface area contributed by atoms with E-state index in [1.165, 1.54) is 0 Å². The molecule has 0 aliphatic heterocycles. The van der Waals surface area contributed by atoms with E-state index in [1.807, 2.05) is 37.4 Å². The van der Waals surface area contributed by atoms with Crippen molar-refractivity contribution in [3.05, 3.63) is 35.9 Å². The average Bonchev–Trinajstić information content (AvgIpc) is 2.21. The Hall–Kier alpha value is -0.860. The molecule has 1 aromatic carbocycles. The molecule has 0 aliphatic rings. The summed E-state index contributed by atoms with van der Waals surface area (Å²) >= 11 is 0. The van der Waals surface area contributed by atoms with E-state index in [2.05, 4.69) is 12.2 Å². The molecule has 13 heavy (non-hydrogen) atoms. The fourth-order valence-electron chi connectivity index (χ4n) is 1.47. The fourth-order valence-corrected chi connectivity index (χ4v) is 1.47. The molecule has 2 heteroatoms. The first-order chi connectivity index (χ1) is 6.29. The molecule has 0 radical (unpaired) electrons. The van der Waals surface area contributed by atoms with Crippen molar-refractivity contribution < 1.29 is 5.11 Å². The Morgan fingerprint density at radius 1 is 1.31 bits per heavy atom. The van der Waals surface area contributed by atoms with Gasteiger partial charge in [-0.2, -0.15) is 0 Å². The average molecular weight is 179 g/mol. The van der Waals surface area contributed by atoms with Crippen LogP contribution >= 0.6 is 0 Å². The first-order valence-electron chi connectivity index (χ1n) is 4.69. The summed E-state index contributed by atoms with van der Waals surface area (Å²) in [7, 11) is 1.88. The molecule has 0 fully saturated rings. The van der Waals surface area contributed by atoms with Gasteiger partial charge in [0.25, 0.3) is 0 Å². The van der Waals surface area contributed by atoms with Crippen LogP contribution in [0.1, 0.15) is 25.0 Å². The Morgan fingerprint density at radius 2 is 1.92 bits per heavy atom. The molecule has 2 nitrogen and oxygen atoms in total. The van der Waals surface area contributed by atoms with Crippen LogP contribution < -0.4 is 5.32 Å². The van der Waals surface area contributed by atoms with Crippen molar-refractivity contribution in [1.29, 1.82) is 0 Å². The molecule has 0 aliphatic carbocycles. The Morgan fingerprint density at radius 3 is 2.38 bits per heavy atom. The lowest BCUT2D eigenvalue weighted by Crippen LogP contribution is -2.31. The normalized spacial score (nSPS) is 15.3. The Kier molecular flexibility index (Phi) is 3.93. The highest BCUT2D eigenvalue weighted by Crippen LogP contribution is 2.17. The van der Waals surface area contributed by atoms with E-state index >= 15 is 0 Å². The molecule has 0 saturated carbocycles. The Labute approximate surface area is 79.6 Å². The molecule has 1 aromatic rings. The zero-order valence-electron chi connectivity index (χ0n) is 8.20. The van der Waals surface area contributed by atoms with E-state index in [1.54, 1.807) is 0 Å². The lowest BCUT2D eigenvalue weighted by atomic mass is 10.0. The predicted octanol–water partition coefficient (Wildman–Crippen LogP) is 1.72. The van der Waals surface area contributed by atoms with Crippen LogP contribution in [-0.4, -0.2) is 18.2 Å². The standard InChI is InChI=1S/C11H17NO/c1-3-10(12-2)11(13)9-7-5-4-6-8-9/h4-8,10-13H,3H2,1-2H3/t10-,11-/m0/s1. The van der Waals surface area contributed by atoms with E-state index in [9.17, 15) is 5.11 Å². The van der Waals surface area contributed by atoms with Gasteiger partial charge < -0.3 is 10.4 Å². The summed E-state index contributed by atoms with van der Waals surface area (Å²) in [6.07, 6.45) is 0.517. The van der Waals surface area contributed by atoms with Gasteiger partial charge in [-0.3, -0.25) is 0 Å². The van der Waals surface area contributed by atoms with Crippen LogP contribution in [0, 0.1) is 0 Å². The van der Waals surface area contributed by atoms with Gasteiger partial charge in [0, 0.05) is 6.04 Å². The Balaban J connectivity index is 2.72. The van der Waals surface area contributed by atoms with E-state index in [4.69, 9.17) is 0 Å². The number of benzene rings is 1. The van der Waals surface area contributed by atoms with Crippen LogP contribution in [0.4, 0.5) is 0 Å². The molecule has 2 atom stereocenters. The molecular formula is C11H17NO. The molecule has 0 bridgehead atoms. The smallest absolute Gasteiger partial charge is 0.0942 e. The summed E-state index contributed by atoms with van der Waals surface area (Å²) in [5, 5.41) is 13.0. The van der Waals surface area contributed by atoms with E-state index in [-0.39, 0.29) is 6.04 Å². The summed E-state index contributed by atoms with van der Waals surface area (Å²) in [5.41, 5.74) is 0.976. The number of likely N-dealkylation sites (N-methyl/N-ethyl adjacent to an activating group) is 1. The van der Waals surface area contributed by atoms with E-state index in [0.717, 1.165) is 12.0 Å². The van der Waals surface area contributed by atoms with Crippen molar-refractivity contribution in [1.82, 2.24) is 5.32 Å². The number of rotatable bonds is 4. The van der Waals surface area contributed by atoms with E-state index < -0.39 is 6.10 Å². The van der Waals surface area contributed by atoms with Gasteiger partial charge >= 0.3 is 0 Å². The second-order valence-corrected chi connectivity index (χ2v) is 3.16. The summed E-state index contributed by atoms with van der Waals surface area (Å²) < 4.78 is 0. The third-order valence-electron chi connectivity index (χ3n) is 2.33. The maximum absolute atomic E-state index is 9.92. The molecule has 1 rings (SSSR count). The summed E-state index contributed by atoms with van der Waals surface area (Å²) in [6, 6.07) is 9.88. The second kappa shape index (κ2) is 5.00. The maximum atomic E-state index is 9.92. The van der Waals surface area contributed by atoms with Gasteiger partial charge in [-0.1, -0.05) is 37.3 Å². The Bertz CT molecular complexity index is 231. The lowest BCUT2D eigenvalue weighted by Gasteiger charge is -2.21.